The maximum absolute atomic E-state index is 12.8. The number of likely N-dealkylation sites (N-methyl/N-ethyl adjacent to an activating group) is 1. The minimum Gasteiger partial charge on any atom is -0.370 e. The van der Waals surface area contributed by atoms with Crippen LogP contribution in [-0.4, -0.2) is 61.0 Å². The Morgan fingerprint density at radius 3 is 2.62 bits per heavy atom. The third kappa shape index (κ3) is 5.71. The van der Waals surface area contributed by atoms with Crippen LogP contribution in [0.25, 0.3) is 0 Å². The van der Waals surface area contributed by atoms with Crippen LogP contribution in [0.1, 0.15) is 31.1 Å². The molecule has 1 heterocycles. The van der Waals surface area contributed by atoms with Crippen molar-refractivity contribution in [3.63, 3.8) is 0 Å². The van der Waals surface area contributed by atoms with Gasteiger partial charge in [-0.1, -0.05) is 13.8 Å². The molecule has 1 amide bonds. The summed E-state index contributed by atoms with van der Waals surface area (Å²) in [4.78, 5) is 21.1. The fourth-order valence-electron chi connectivity index (χ4n) is 2.09. The van der Waals surface area contributed by atoms with Crippen molar-refractivity contribution in [3.05, 3.63) is 23.9 Å². The van der Waals surface area contributed by atoms with E-state index in [9.17, 15) is 4.79 Å². The lowest BCUT2D eigenvalue weighted by Gasteiger charge is -2.26. The summed E-state index contributed by atoms with van der Waals surface area (Å²) in [5.74, 6) is 1.16. The Hall–Kier alpha value is -1.62. The number of aromatic nitrogens is 1. The van der Waals surface area contributed by atoms with Gasteiger partial charge in [-0.2, -0.15) is 0 Å². The number of hydrogen-bond acceptors (Lipinski definition) is 4. The van der Waals surface area contributed by atoms with E-state index < -0.39 is 0 Å². The Balaban J connectivity index is 2.93. The van der Waals surface area contributed by atoms with Crippen molar-refractivity contribution < 1.29 is 4.79 Å². The second kappa shape index (κ2) is 8.62. The van der Waals surface area contributed by atoms with Crippen LogP contribution in [0.3, 0.4) is 0 Å². The van der Waals surface area contributed by atoms with Crippen molar-refractivity contribution in [1.82, 2.24) is 14.8 Å². The van der Waals surface area contributed by atoms with Crippen LogP contribution in [0.15, 0.2) is 18.3 Å². The SMILES string of the molecule is CCNc1ncccc1C(=O)N(CCN(C)C)CC(C)C. The molecule has 0 atom stereocenters. The van der Waals surface area contributed by atoms with Crippen LogP contribution in [0, 0.1) is 5.92 Å². The summed E-state index contributed by atoms with van der Waals surface area (Å²) in [5, 5.41) is 3.16. The lowest BCUT2D eigenvalue weighted by atomic mass is 10.1. The van der Waals surface area contributed by atoms with Crippen LogP contribution in [0.2, 0.25) is 0 Å². The van der Waals surface area contributed by atoms with Gasteiger partial charge in [-0.15, -0.1) is 0 Å². The summed E-state index contributed by atoms with van der Waals surface area (Å²) in [6.07, 6.45) is 1.71. The first-order valence-corrected chi connectivity index (χ1v) is 7.58. The predicted octanol–water partition coefficient (Wildman–Crippen LogP) is 2.17. The van der Waals surface area contributed by atoms with E-state index in [1.165, 1.54) is 0 Å². The monoisotopic (exact) mass is 292 g/mol. The second-order valence-electron chi connectivity index (χ2n) is 5.88. The number of carbonyl (C=O) groups excluding carboxylic acids is 1. The molecule has 0 saturated heterocycles. The molecule has 1 N–H and O–H groups in total. The number of nitrogens with one attached hydrogen (secondary N) is 1. The zero-order valence-electron chi connectivity index (χ0n) is 13.9. The molecule has 0 aliphatic heterocycles. The van der Waals surface area contributed by atoms with Gasteiger partial charge in [0.25, 0.3) is 5.91 Å². The molecule has 0 aliphatic rings. The van der Waals surface area contributed by atoms with Crippen molar-refractivity contribution >= 4 is 11.7 Å². The third-order valence-corrected chi connectivity index (χ3v) is 3.07. The van der Waals surface area contributed by atoms with Gasteiger partial charge in [-0.25, -0.2) is 4.98 Å². The molecule has 0 spiro atoms. The maximum Gasteiger partial charge on any atom is 0.257 e. The second-order valence-corrected chi connectivity index (χ2v) is 5.88. The van der Waals surface area contributed by atoms with E-state index >= 15 is 0 Å². The highest BCUT2D eigenvalue weighted by Crippen LogP contribution is 2.15. The Morgan fingerprint density at radius 2 is 2.05 bits per heavy atom. The van der Waals surface area contributed by atoms with Crippen LogP contribution in [0.4, 0.5) is 5.82 Å². The fraction of sp³-hybridized carbons (Fsp3) is 0.625. The lowest BCUT2D eigenvalue weighted by molar-refractivity contribution is 0.0725. The van der Waals surface area contributed by atoms with Gasteiger partial charge in [0.05, 0.1) is 5.56 Å². The molecule has 0 aliphatic carbocycles. The molecule has 0 unspecified atom stereocenters. The average molecular weight is 292 g/mol. The van der Waals surface area contributed by atoms with Crippen LogP contribution in [-0.2, 0) is 0 Å². The van der Waals surface area contributed by atoms with Crippen LogP contribution >= 0.6 is 0 Å². The summed E-state index contributed by atoms with van der Waals surface area (Å²) >= 11 is 0. The van der Waals surface area contributed by atoms with Gasteiger partial charge >= 0.3 is 0 Å². The quantitative estimate of drug-likeness (QED) is 0.798. The highest BCUT2D eigenvalue weighted by atomic mass is 16.2. The highest BCUT2D eigenvalue weighted by Gasteiger charge is 2.20. The molecule has 0 saturated carbocycles. The van der Waals surface area contributed by atoms with E-state index in [4.69, 9.17) is 0 Å². The molecule has 5 nitrogen and oxygen atoms in total. The summed E-state index contributed by atoms with van der Waals surface area (Å²) in [5.41, 5.74) is 0.652. The Labute approximate surface area is 128 Å². The third-order valence-electron chi connectivity index (χ3n) is 3.07. The lowest BCUT2D eigenvalue weighted by Crippen LogP contribution is -2.39. The number of pyridine rings is 1. The molecule has 0 bridgehead atoms. The molecule has 0 radical (unpaired) electrons. The molecule has 1 aromatic heterocycles. The molecular weight excluding hydrogens is 264 g/mol. The minimum atomic E-state index is 0.0506. The van der Waals surface area contributed by atoms with Gasteiger partial charge in [-0.05, 0) is 39.1 Å². The topological polar surface area (TPSA) is 48.5 Å². The van der Waals surface area contributed by atoms with E-state index in [0.717, 1.165) is 26.2 Å². The standard InChI is InChI=1S/C16H28N4O/c1-6-17-15-14(8-7-9-18-15)16(21)20(12-13(2)3)11-10-19(4)5/h7-9,13H,6,10-12H2,1-5H3,(H,17,18). The number of amides is 1. The van der Waals surface area contributed by atoms with E-state index in [0.29, 0.717) is 17.3 Å². The molecule has 0 fully saturated rings. The van der Waals surface area contributed by atoms with Gasteiger partial charge in [0.1, 0.15) is 5.82 Å². The molecule has 1 aromatic rings. The van der Waals surface area contributed by atoms with Crippen LogP contribution in [0.5, 0.6) is 0 Å². The highest BCUT2D eigenvalue weighted by molar-refractivity contribution is 5.98. The van der Waals surface area contributed by atoms with Gasteiger partial charge in [0, 0.05) is 32.4 Å². The fourth-order valence-corrected chi connectivity index (χ4v) is 2.09. The molecule has 5 heteroatoms. The number of hydrogen-bond donors (Lipinski definition) is 1. The molecule has 21 heavy (non-hydrogen) atoms. The van der Waals surface area contributed by atoms with Gasteiger partial charge in [-0.3, -0.25) is 4.79 Å². The first-order chi connectivity index (χ1) is 9.95. The Bertz CT molecular complexity index is 446. The zero-order valence-corrected chi connectivity index (χ0v) is 13.9. The average Bonchev–Trinajstić information content (AvgIpc) is 2.43. The van der Waals surface area contributed by atoms with Gasteiger partial charge < -0.3 is 15.1 Å². The summed E-state index contributed by atoms with van der Waals surface area (Å²) in [6, 6.07) is 3.66. The predicted molar refractivity (Wildman–Crippen MR) is 87.7 cm³/mol. The van der Waals surface area contributed by atoms with E-state index in [1.54, 1.807) is 6.20 Å². The maximum atomic E-state index is 12.8. The van der Waals surface area contributed by atoms with Crippen molar-refractivity contribution in [3.8, 4) is 0 Å². The smallest absolute Gasteiger partial charge is 0.257 e. The van der Waals surface area contributed by atoms with Crippen molar-refractivity contribution in [2.45, 2.75) is 20.8 Å². The molecule has 0 aromatic carbocycles. The number of anilines is 1. The Morgan fingerprint density at radius 1 is 1.33 bits per heavy atom. The normalized spacial score (nSPS) is 11.0. The summed E-state index contributed by atoms with van der Waals surface area (Å²) < 4.78 is 0. The Kier molecular flexibility index (Phi) is 7.15. The number of carbonyl (C=O) groups is 1. The summed E-state index contributed by atoms with van der Waals surface area (Å²) in [6.45, 7) is 9.35. The number of nitrogens with zero attached hydrogens (tertiary/aromatic N) is 3. The largest absolute Gasteiger partial charge is 0.370 e. The van der Waals surface area contributed by atoms with Crippen molar-refractivity contribution in [1.29, 1.82) is 0 Å². The molecular formula is C16H28N4O. The first-order valence-electron chi connectivity index (χ1n) is 7.58. The molecule has 118 valence electrons. The van der Waals surface area contributed by atoms with E-state index in [-0.39, 0.29) is 5.91 Å². The van der Waals surface area contributed by atoms with E-state index in [2.05, 4.69) is 29.0 Å². The first kappa shape index (κ1) is 17.4. The number of rotatable bonds is 8. The van der Waals surface area contributed by atoms with Crippen molar-refractivity contribution in [2.75, 3.05) is 45.6 Å². The molecule has 1 rings (SSSR count). The zero-order chi connectivity index (χ0) is 15.8. The van der Waals surface area contributed by atoms with E-state index in [1.807, 2.05) is 38.1 Å². The van der Waals surface area contributed by atoms with Crippen molar-refractivity contribution in [2.24, 2.45) is 5.92 Å². The minimum absolute atomic E-state index is 0.0506. The van der Waals surface area contributed by atoms with Crippen LogP contribution < -0.4 is 5.32 Å². The van der Waals surface area contributed by atoms with Gasteiger partial charge in [0.2, 0.25) is 0 Å². The van der Waals surface area contributed by atoms with Gasteiger partial charge in [0.15, 0.2) is 0 Å². The summed E-state index contributed by atoms with van der Waals surface area (Å²) in [7, 11) is 4.04.